The van der Waals surface area contributed by atoms with Crippen LogP contribution in [0.2, 0.25) is 0 Å². The number of hydrogen-bond donors (Lipinski definition) is 0. The number of isothiocyanates is 1. The molecule has 1 aromatic rings. The quantitative estimate of drug-likeness (QED) is 0.432. The van der Waals surface area contributed by atoms with Crippen molar-refractivity contribution in [3.63, 3.8) is 0 Å². The highest BCUT2D eigenvalue weighted by atomic mass is 32.1. The first-order chi connectivity index (χ1) is 4.43. The van der Waals surface area contributed by atoms with Gasteiger partial charge in [0.15, 0.2) is 5.82 Å². The van der Waals surface area contributed by atoms with Gasteiger partial charge in [0, 0.05) is 12.3 Å². The number of aromatic nitrogens is 1. The summed E-state index contributed by atoms with van der Waals surface area (Å²) in [5.74, 6) is 0.479. The van der Waals surface area contributed by atoms with Gasteiger partial charge in [0.2, 0.25) is 0 Å². The van der Waals surface area contributed by atoms with Crippen molar-refractivity contribution in [3.8, 4) is 0 Å². The minimum Gasteiger partial charge on any atom is -0.236 e. The van der Waals surface area contributed by atoms with Crippen LogP contribution in [0.4, 0.5) is 5.82 Å². The lowest BCUT2D eigenvalue weighted by molar-refractivity contribution is 1.28. The second-order valence-corrected chi connectivity index (χ2v) is 1.49. The van der Waals surface area contributed by atoms with Gasteiger partial charge in [0.25, 0.3) is 0 Å². The fourth-order valence-electron chi connectivity index (χ4n) is 0.421. The van der Waals surface area contributed by atoms with E-state index in [9.17, 15) is 0 Å². The van der Waals surface area contributed by atoms with E-state index >= 15 is 0 Å². The van der Waals surface area contributed by atoms with E-state index < -0.39 is 0 Å². The number of rotatable bonds is 1. The predicted octanol–water partition coefficient (Wildman–Crippen LogP) is 1.62. The number of aliphatic imine (C=N–C) groups is 1. The van der Waals surface area contributed by atoms with Crippen molar-refractivity contribution in [2.45, 2.75) is 0 Å². The molecule has 0 spiro atoms. The molecule has 3 heteroatoms. The normalized spacial score (nSPS) is 8.00. The summed E-state index contributed by atoms with van der Waals surface area (Å²) in [6.07, 6.45) is 1.63. The average Bonchev–Trinajstić information content (AvgIpc) is 1.91. The highest BCUT2D eigenvalue weighted by Crippen LogP contribution is 2.00. The molecule has 0 atom stereocenters. The predicted molar refractivity (Wildman–Crippen MR) is 37.8 cm³/mol. The molecule has 0 aliphatic rings. The monoisotopic (exact) mass is 135 g/mol. The van der Waals surface area contributed by atoms with Gasteiger partial charge in [-0.3, -0.25) is 0 Å². The minimum absolute atomic E-state index is 0.479. The van der Waals surface area contributed by atoms with E-state index in [1.54, 1.807) is 18.3 Å². The lowest BCUT2D eigenvalue weighted by Gasteiger charge is -1.82. The molecule has 9 heavy (non-hydrogen) atoms. The zero-order chi connectivity index (χ0) is 6.53. The Bertz CT molecular complexity index is 226. The fourth-order valence-corrected chi connectivity index (χ4v) is 0.507. The van der Waals surface area contributed by atoms with E-state index in [4.69, 9.17) is 0 Å². The largest absolute Gasteiger partial charge is 0.236 e. The van der Waals surface area contributed by atoms with Crippen LogP contribution >= 0.6 is 12.2 Å². The third-order valence-corrected chi connectivity index (χ3v) is 0.834. The fraction of sp³-hybridized carbons (Fsp3) is 0. The molecule has 0 amide bonds. The third kappa shape index (κ3) is 1.72. The van der Waals surface area contributed by atoms with Crippen molar-refractivity contribution in [3.05, 3.63) is 24.4 Å². The van der Waals surface area contributed by atoms with Gasteiger partial charge in [0.1, 0.15) is 0 Å². The molecule has 0 unspecified atom stereocenters. The topological polar surface area (TPSA) is 25.2 Å². The molecule has 0 saturated carbocycles. The maximum Gasteiger partial charge on any atom is 0.170 e. The van der Waals surface area contributed by atoms with Crippen molar-refractivity contribution in [1.29, 1.82) is 0 Å². The van der Waals surface area contributed by atoms with E-state index in [2.05, 4.69) is 33.4 Å². The molecular formula is C6H3N2S. The highest BCUT2D eigenvalue weighted by Gasteiger charge is 1.81. The number of hydrogen-bond acceptors (Lipinski definition) is 3. The molecule has 0 aromatic carbocycles. The molecule has 2 nitrogen and oxygen atoms in total. The van der Waals surface area contributed by atoms with Gasteiger partial charge in [-0.2, -0.15) is 4.99 Å². The van der Waals surface area contributed by atoms with Crippen molar-refractivity contribution in [2.24, 2.45) is 4.99 Å². The molecule has 0 saturated heterocycles. The molecule has 0 bridgehead atoms. The lowest BCUT2D eigenvalue weighted by Crippen LogP contribution is -1.68. The van der Waals surface area contributed by atoms with Crippen LogP contribution < -0.4 is 0 Å². The summed E-state index contributed by atoms with van der Waals surface area (Å²) in [6, 6.07) is 6.25. The summed E-state index contributed by atoms with van der Waals surface area (Å²) in [5, 5.41) is 2.20. The second-order valence-electron chi connectivity index (χ2n) is 1.31. The Balaban J connectivity index is 2.97. The van der Waals surface area contributed by atoms with Crippen LogP contribution in [0, 0.1) is 6.07 Å². The van der Waals surface area contributed by atoms with Crippen molar-refractivity contribution < 1.29 is 0 Å². The number of nitrogens with zero attached hydrogens (tertiary/aromatic N) is 2. The Morgan fingerprint density at radius 3 is 3.22 bits per heavy atom. The van der Waals surface area contributed by atoms with Gasteiger partial charge in [-0.15, -0.1) is 0 Å². The van der Waals surface area contributed by atoms with Gasteiger partial charge in [-0.05, 0) is 24.4 Å². The molecule has 0 N–H and O–H groups in total. The standard InChI is InChI=1S/C6H3N2S/c9-5-8-6-3-1-2-4-7-6/h1-2,4H. The van der Waals surface area contributed by atoms with Crippen LogP contribution in [-0.4, -0.2) is 10.1 Å². The Kier molecular flexibility index (Phi) is 2.07. The Morgan fingerprint density at radius 1 is 1.78 bits per heavy atom. The molecular weight excluding hydrogens is 132 g/mol. The van der Waals surface area contributed by atoms with Crippen LogP contribution in [0.3, 0.4) is 0 Å². The van der Waals surface area contributed by atoms with Crippen LogP contribution in [-0.2, 0) is 0 Å². The number of thiocarbonyl (C=S) groups is 1. The molecule has 1 heterocycles. The average molecular weight is 135 g/mol. The van der Waals surface area contributed by atoms with E-state index in [1.807, 2.05) is 0 Å². The van der Waals surface area contributed by atoms with E-state index in [1.165, 1.54) is 0 Å². The molecule has 0 aliphatic carbocycles. The maximum atomic E-state index is 4.36. The highest BCUT2D eigenvalue weighted by molar-refractivity contribution is 7.78. The lowest BCUT2D eigenvalue weighted by atomic mass is 10.5. The van der Waals surface area contributed by atoms with Gasteiger partial charge in [0.05, 0.1) is 5.16 Å². The first kappa shape index (κ1) is 6.08. The van der Waals surface area contributed by atoms with Crippen LogP contribution in [0.15, 0.2) is 23.3 Å². The molecule has 0 aliphatic heterocycles. The summed E-state index contributed by atoms with van der Waals surface area (Å²) in [7, 11) is 0. The Labute approximate surface area is 58.3 Å². The summed E-state index contributed by atoms with van der Waals surface area (Å²) < 4.78 is 0. The SMILES string of the molecule is S=C=Nc1[c]cccn1. The van der Waals surface area contributed by atoms with Crippen molar-refractivity contribution >= 4 is 23.2 Å². The molecule has 43 valence electrons. The first-order valence-corrected chi connectivity index (χ1v) is 2.75. The summed E-state index contributed by atoms with van der Waals surface area (Å²) in [4.78, 5) is 7.42. The Hall–Kier alpha value is -1.05. The van der Waals surface area contributed by atoms with Gasteiger partial charge >= 0.3 is 0 Å². The maximum absolute atomic E-state index is 4.36. The smallest absolute Gasteiger partial charge is 0.170 e. The van der Waals surface area contributed by atoms with E-state index in [0.717, 1.165) is 0 Å². The van der Waals surface area contributed by atoms with Crippen LogP contribution in [0.1, 0.15) is 0 Å². The zero-order valence-electron chi connectivity index (χ0n) is 4.53. The Morgan fingerprint density at radius 2 is 2.67 bits per heavy atom. The minimum atomic E-state index is 0.479. The van der Waals surface area contributed by atoms with E-state index in [0.29, 0.717) is 5.82 Å². The second kappa shape index (κ2) is 3.07. The molecule has 1 aromatic heterocycles. The zero-order valence-corrected chi connectivity index (χ0v) is 5.35. The molecule has 1 rings (SSSR count). The number of pyridine rings is 1. The third-order valence-electron chi connectivity index (χ3n) is 0.743. The van der Waals surface area contributed by atoms with E-state index in [-0.39, 0.29) is 0 Å². The van der Waals surface area contributed by atoms with Gasteiger partial charge in [-0.1, -0.05) is 0 Å². The van der Waals surface area contributed by atoms with Gasteiger partial charge < -0.3 is 0 Å². The van der Waals surface area contributed by atoms with Crippen LogP contribution in [0.5, 0.6) is 0 Å². The molecule has 1 radical (unpaired) electrons. The van der Waals surface area contributed by atoms with Crippen LogP contribution in [0.25, 0.3) is 0 Å². The van der Waals surface area contributed by atoms with Gasteiger partial charge in [-0.25, -0.2) is 4.98 Å². The van der Waals surface area contributed by atoms with Crippen molar-refractivity contribution in [2.75, 3.05) is 0 Å². The first-order valence-electron chi connectivity index (χ1n) is 2.34. The summed E-state index contributed by atoms with van der Waals surface area (Å²) in [6.45, 7) is 0. The molecule has 0 fully saturated rings. The summed E-state index contributed by atoms with van der Waals surface area (Å²) >= 11 is 4.36. The van der Waals surface area contributed by atoms with Crippen molar-refractivity contribution in [1.82, 2.24) is 4.98 Å². The summed E-state index contributed by atoms with van der Waals surface area (Å²) in [5.41, 5.74) is 0.